The van der Waals surface area contributed by atoms with Crippen LogP contribution in [-0.2, 0) is 9.53 Å². The number of amides is 1. The first-order chi connectivity index (χ1) is 9.81. The second-order valence-corrected chi connectivity index (χ2v) is 5.96. The van der Waals surface area contributed by atoms with Crippen molar-refractivity contribution in [1.82, 2.24) is 4.90 Å². The van der Waals surface area contributed by atoms with Gasteiger partial charge < -0.3 is 9.64 Å². The zero-order valence-corrected chi connectivity index (χ0v) is 11.5. The Morgan fingerprint density at radius 1 is 1.25 bits per heavy atom. The van der Waals surface area contributed by atoms with Gasteiger partial charge in [-0.05, 0) is 24.8 Å². The fraction of sp³-hybridized carbons (Fsp3) is 0.471. The minimum absolute atomic E-state index is 0.0815. The van der Waals surface area contributed by atoms with E-state index in [0.29, 0.717) is 18.9 Å². The maximum atomic E-state index is 12.5. The predicted molar refractivity (Wildman–Crippen MR) is 75.8 cm³/mol. The van der Waals surface area contributed by atoms with E-state index in [1.54, 1.807) is 0 Å². The van der Waals surface area contributed by atoms with Gasteiger partial charge in [-0.2, -0.15) is 0 Å². The summed E-state index contributed by atoms with van der Waals surface area (Å²) < 4.78 is 6.24. The molecule has 0 aromatic heterocycles. The fourth-order valence-corrected chi connectivity index (χ4v) is 4.02. The molecule has 2 fully saturated rings. The van der Waals surface area contributed by atoms with Crippen molar-refractivity contribution in [3.05, 3.63) is 48.0 Å². The van der Waals surface area contributed by atoms with E-state index in [1.807, 2.05) is 18.2 Å². The SMILES string of the molecule is O=C1CC[C@@H]2C=CCC[C@@]23OC[C@@H](c2ccccc2)N13. The summed E-state index contributed by atoms with van der Waals surface area (Å²) >= 11 is 0. The summed E-state index contributed by atoms with van der Waals surface area (Å²) in [4.78, 5) is 14.6. The van der Waals surface area contributed by atoms with Crippen molar-refractivity contribution in [1.29, 1.82) is 0 Å². The van der Waals surface area contributed by atoms with Gasteiger partial charge >= 0.3 is 0 Å². The van der Waals surface area contributed by atoms with E-state index in [1.165, 1.54) is 5.56 Å². The standard InChI is InChI=1S/C17H19NO2/c19-16-10-9-14-8-4-5-11-17(14)18(16)15(12-20-17)13-6-2-1-3-7-13/h1-4,6-8,14-15H,5,9-12H2/t14-,15-,17+/m0/s1. The number of carbonyl (C=O) groups is 1. The monoisotopic (exact) mass is 269 g/mol. The van der Waals surface area contributed by atoms with Gasteiger partial charge in [0.1, 0.15) is 0 Å². The van der Waals surface area contributed by atoms with Crippen molar-refractivity contribution in [3.63, 3.8) is 0 Å². The molecule has 1 aromatic rings. The van der Waals surface area contributed by atoms with Crippen LogP contribution in [0.4, 0.5) is 0 Å². The first-order valence-corrected chi connectivity index (χ1v) is 7.49. The van der Waals surface area contributed by atoms with Crippen LogP contribution in [0.2, 0.25) is 0 Å². The topological polar surface area (TPSA) is 29.5 Å². The third-order valence-electron chi connectivity index (χ3n) is 4.95. The van der Waals surface area contributed by atoms with E-state index in [2.05, 4.69) is 29.2 Å². The Labute approximate surface area is 119 Å². The molecule has 1 aliphatic carbocycles. The number of piperidine rings is 1. The molecule has 0 bridgehead atoms. The molecule has 2 aliphatic heterocycles. The van der Waals surface area contributed by atoms with E-state index in [-0.39, 0.29) is 17.7 Å². The molecule has 1 spiro atoms. The average molecular weight is 269 g/mol. The smallest absolute Gasteiger partial charge is 0.225 e. The number of ether oxygens (including phenoxy) is 1. The van der Waals surface area contributed by atoms with E-state index in [4.69, 9.17) is 4.74 Å². The normalized spacial score (nSPS) is 35.8. The minimum Gasteiger partial charge on any atom is -0.352 e. The summed E-state index contributed by atoms with van der Waals surface area (Å²) in [7, 11) is 0. The summed E-state index contributed by atoms with van der Waals surface area (Å²) in [6, 6.07) is 10.4. The van der Waals surface area contributed by atoms with Crippen molar-refractivity contribution < 1.29 is 9.53 Å². The Kier molecular flexibility index (Phi) is 2.71. The van der Waals surface area contributed by atoms with Crippen LogP contribution in [-0.4, -0.2) is 23.1 Å². The summed E-state index contributed by atoms with van der Waals surface area (Å²) in [5.74, 6) is 0.616. The highest BCUT2D eigenvalue weighted by Crippen LogP contribution is 2.50. The van der Waals surface area contributed by atoms with Gasteiger partial charge in [-0.25, -0.2) is 0 Å². The Hall–Kier alpha value is -1.61. The molecule has 3 atom stereocenters. The zero-order chi connectivity index (χ0) is 13.6. The second-order valence-electron chi connectivity index (χ2n) is 5.96. The molecule has 2 saturated heterocycles. The van der Waals surface area contributed by atoms with Crippen LogP contribution in [0.3, 0.4) is 0 Å². The maximum absolute atomic E-state index is 12.5. The third kappa shape index (κ3) is 1.59. The van der Waals surface area contributed by atoms with Crippen molar-refractivity contribution in [2.45, 2.75) is 37.5 Å². The van der Waals surface area contributed by atoms with Gasteiger partial charge in [-0.15, -0.1) is 0 Å². The van der Waals surface area contributed by atoms with Gasteiger partial charge in [0.25, 0.3) is 0 Å². The van der Waals surface area contributed by atoms with Gasteiger partial charge in [0, 0.05) is 12.3 Å². The van der Waals surface area contributed by atoms with Crippen molar-refractivity contribution in [2.75, 3.05) is 6.61 Å². The lowest BCUT2D eigenvalue weighted by Crippen LogP contribution is -2.57. The molecule has 0 radical (unpaired) electrons. The molecular formula is C17H19NO2. The van der Waals surface area contributed by atoms with E-state index in [9.17, 15) is 4.79 Å². The van der Waals surface area contributed by atoms with Crippen LogP contribution in [0.1, 0.15) is 37.3 Å². The first-order valence-electron chi connectivity index (χ1n) is 7.49. The summed E-state index contributed by atoms with van der Waals surface area (Å²) in [6.45, 7) is 0.625. The number of rotatable bonds is 1. The molecule has 1 amide bonds. The highest BCUT2D eigenvalue weighted by atomic mass is 16.5. The molecule has 3 nitrogen and oxygen atoms in total. The number of allylic oxidation sites excluding steroid dienone is 1. The Bertz CT molecular complexity index is 553. The number of nitrogens with zero attached hydrogens (tertiary/aromatic N) is 1. The Morgan fingerprint density at radius 3 is 2.95 bits per heavy atom. The van der Waals surface area contributed by atoms with Crippen LogP contribution < -0.4 is 0 Å². The fourth-order valence-electron chi connectivity index (χ4n) is 4.02. The molecule has 0 unspecified atom stereocenters. The lowest BCUT2D eigenvalue weighted by molar-refractivity contribution is -0.173. The van der Waals surface area contributed by atoms with Crippen LogP contribution in [0.15, 0.2) is 42.5 Å². The lowest BCUT2D eigenvalue weighted by Gasteiger charge is -2.48. The first kappa shape index (κ1) is 12.2. The summed E-state index contributed by atoms with van der Waals surface area (Å²) in [5.41, 5.74) is 0.817. The molecule has 0 saturated carbocycles. The molecule has 3 aliphatic rings. The molecule has 3 heteroatoms. The highest BCUT2D eigenvalue weighted by molar-refractivity contribution is 5.79. The van der Waals surface area contributed by atoms with Crippen molar-refractivity contribution in [3.8, 4) is 0 Å². The molecule has 104 valence electrons. The predicted octanol–water partition coefficient (Wildman–Crippen LogP) is 3.04. The van der Waals surface area contributed by atoms with Crippen molar-refractivity contribution >= 4 is 5.91 Å². The van der Waals surface area contributed by atoms with E-state index in [0.717, 1.165) is 19.3 Å². The van der Waals surface area contributed by atoms with Gasteiger partial charge in [0.2, 0.25) is 5.91 Å². The van der Waals surface area contributed by atoms with Crippen LogP contribution in [0, 0.1) is 5.92 Å². The minimum atomic E-state index is -0.370. The molecule has 0 N–H and O–H groups in total. The Morgan fingerprint density at radius 2 is 2.10 bits per heavy atom. The Balaban J connectivity index is 1.76. The lowest BCUT2D eigenvalue weighted by atomic mass is 9.78. The maximum Gasteiger partial charge on any atom is 0.225 e. The summed E-state index contributed by atoms with van der Waals surface area (Å²) in [6.07, 6.45) is 8.00. The van der Waals surface area contributed by atoms with Crippen LogP contribution in [0.5, 0.6) is 0 Å². The number of benzene rings is 1. The van der Waals surface area contributed by atoms with Crippen LogP contribution in [0.25, 0.3) is 0 Å². The van der Waals surface area contributed by atoms with Crippen LogP contribution >= 0.6 is 0 Å². The number of hydrogen-bond donors (Lipinski definition) is 0. The van der Waals surface area contributed by atoms with E-state index < -0.39 is 0 Å². The second kappa shape index (κ2) is 4.45. The van der Waals surface area contributed by atoms with Gasteiger partial charge in [-0.3, -0.25) is 4.79 Å². The number of hydrogen-bond acceptors (Lipinski definition) is 2. The molecule has 20 heavy (non-hydrogen) atoms. The molecule has 2 heterocycles. The molecule has 4 rings (SSSR count). The van der Waals surface area contributed by atoms with Gasteiger partial charge in [0.05, 0.1) is 12.6 Å². The van der Waals surface area contributed by atoms with Gasteiger partial charge in [0.15, 0.2) is 5.72 Å². The summed E-state index contributed by atoms with van der Waals surface area (Å²) in [5, 5.41) is 0. The third-order valence-corrected chi connectivity index (χ3v) is 4.95. The molecular weight excluding hydrogens is 250 g/mol. The van der Waals surface area contributed by atoms with E-state index >= 15 is 0 Å². The number of carbonyl (C=O) groups excluding carboxylic acids is 1. The zero-order valence-electron chi connectivity index (χ0n) is 11.5. The largest absolute Gasteiger partial charge is 0.352 e. The van der Waals surface area contributed by atoms with Gasteiger partial charge in [-0.1, -0.05) is 42.5 Å². The molecule has 1 aromatic carbocycles. The highest BCUT2D eigenvalue weighted by Gasteiger charge is 2.56. The van der Waals surface area contributed by atoms with Crippen molar-refractivity contribution in [2.24, 2.45) is 5.92 Å². The quantitative estimate of drug-likeness (QED) is 0.733. The average Bonchev–Trinajstić information content (AvgIpc) is 2.88.